The van der Waals surface area contributed by atoms with E-state index in [0.29, 0.717) is 49.7 Å². The topological polar surface area (TPSA) is 495 Å². The third-order valence-electron chi connectivity index (χ3n) is 27.3. The second kappa shape index (κ2) is 30.2. The first kappa shape index (κ1) is 81.6. The monoisotopic (exact) mass is 1510 g/mol. The number of carboxylic acids is 1. The molecule has 1 aromatic rings. The molecule has 38 atom stereocenters. The smallest absolute Gasteiger partial charge is 0.335 e. The zero-order valence-corrected chi connectivity index (χ0v) is 61.4. The van der Waals surface area contributed by atoms with Gasteiger partial charge in [0, 0.05) is 28.4 Å². The number of allylic oxidation sites excluding steroid dienone is 1. The Kier molecular flexibility index (Phi) is 23.2. The molecule has 11 fully saturated rings. The Balaban J connectivity index is 0.856. The number of hydrogen-bond donors (Lipinski definition) is 16. The molecule has 598 valence electrons. The Labute approximate surface area is 613 Å². The van der Waals surface area contributed by atoms with E-state index < -0.39 is 259 Å². The third-order valence-corrected chi connectivity index (χ3v) is 27.3. The Hall–Kier alpha value is -3.93. The molecule has 0 unspecified atom stereocenters. The number of ether oxygens (including phenoxy) is 13. The molecule has 12 rings (SSSR count). The third kappa shape index (κ3) is 13.3. The molecule has 0 amide bonds. The van der Waals surface area contributed by atoms with Gasteiger partial charge in [0.15, 0.2) is 49.9 Å². The quantitative estimate of drug-likeness (QED) is 0.0460. The van der Waals surface area contributed by atoms with Crippen LogP contribution < -0.4 is 0 Å². The molecule has 11 aliphatic rings. The van der Waals surface area contributed by atoms with E-state index in [1.807, 2.05) is 58.0 Å². The lowest BCUT2D eigenvalue weighted by Crippen LogP contribution is -2.77. The first-order chi connectivity index (χ1) is 49.7. The minimum Gasteiger partial charge on any atom is -0.479 e. The summed E-state index contributed by atoms with van der Waals surface area (Å²) in [4.78, 5) is 41.7. The van der Waals surface area contributed by atoms with Crippen LogP contribution in [-0.2, 0) is 76.0 Å². The first-order valence-corrected chi connectivity index (χ1v) is 37.0. The standard InChI is InChI=1S/C74H110O32/c1-12-30(2)61(92)105-58-59(99-41(78)19-18-33-16-14-13-15-17-33)74-38(26-68(58,5)6)73(106-67(74)93)25-21-37-70(9)23-22-40(69(7,8)36(70)20-24-71(37,10)72(73,11)27-39(74)77)98-66-57(104-63-51(88)47(84)44(81)34(28-75)96-63)53(52(89)54(101-66)60(90)91)100-65-56(49(86)45(82)35(29-76)97-65)103-64-55(48(85)43(80)32(4)95-64)102-62-50(87)46(83)42(79)31(3)94-62/h12-19,31-32,34-40,42-59,62-67,75-77,79-89,93H,20-29H2,1-11H3,(H,90,91)/b19-18+,30-12-/t31-,32-,34+,35+,36+,37+,38+,39+,40-,42-,43-,44-,45-,46+,47-,48+,49-,50+,51+,52-,53-,54-,55+,56+,57+,58-,59-,62+,63-,64+,65-,66+,67-,70-,71+,72-,73-,74+/m0/s1. The van der Waals surface area contributed by atoms with Gasteiger partial charge in [-0.2, -0.15) is 0 Å². The number of carboxylic acid groups (broad SMARTS) is 1. The van der Waals surface area contributed by atoms with E-state index in [1.54, 1.807) is 26.0 Å². The Morgan fingerprint density at radius 1 is 0.538 bits per heavy atom. The largest absolute Gasteiger partial charge is 0.479 e. The SMILES string of the molecule is C/C=C(/C)C(=O)O[C@H]1[C@H](OC(=O)/C=C/c2ccccc2)[C@@]23[C@H](O)C[C@]4(C)[C@@](CC[C@@H]5[C@@]6(C)CC[C@H](O[C@@H]7O[C@H](C(=O)O)[C@@H](O)[C@H](O[C@@H]8O[C@H](CO)[C@H](O)[C@H](O)[C@H]8O[C@H]8O[C@@H](C)[C@H](O)[C@@H](O)[C@H]8O[C@H]8O[C@@H](C)[C@H](O)[C@@H](O)[C@H]8O)[C@H]7O[C@@H]7O[C@H](CO)[C@H](O)[C@H](O)[C@H]7O)C(C)(C)[C@H]6CC[C@]54C)(O[C@@H]2O)[C@H]3CC1(C)C. The fourth-order valence-electron chi connectivity index (χ4n) is 21.2. The molecule has 1 spiro atoms. The molecule has 0 aromatic heterocycles. The van der Waals surface area contributed by atoms with Gasteiger partial charge >= 0.3 is 17.9 Å². The maximum atomic E-state index is 14.3. The van der Waals surface area contributed by atoms with Crippen molar-refractivity contribution >= 4 is 24.0 Å². The molecule has 2 bridgehead atoms. The lowest BCUT2D eigenvalue weighted by Gasteiger charge is -2.75. The molecule has 6 aliphatic heterocycles. The summed E-state index contributed by atoms with van der Waals surface area (Å²) >= 11 is 0. The van der Waals surface area contributed by atoms with E-state index in [4.69, 9.17) is 61.6 Å². The molecular formula is C74H110O32. The van der Waals surface area contributed by atoms with Gasteiger partial charge in [0.1, 0.15) is 110 Å². The summed E-state index contributed by atoms with van der Waals surface area (Å²) in [6.45, 7) is 18.5. The summed E-state index contributed by atoms with van der Waals surface area (Å²) in [5.41, 5.74) is -5.73. The average Bonchev–Trinajstić information content (AvgIpc) is 1.39. The minimum atomic E-state index is -2.38. The number of benzene rings is 1. The molecule has 5 aliphatic carbocycles. The van der Waals surface area contributed by atoms with Crippen molar-refractivity contribution in [2.75, 3.05) is 13.2 Å². The van der Waals surface area contributed by atoms with Crippen LogP contribution in [0.4, 0.5) is 0 Å². The van der Waals surface area contributed by atoms with Crippen LogP contribution >= 0.6 is 0 Å². The molecule has 16 N–H and O–H groups in total. The number of hydrogen-bond acceptors (Lipinski definition) is 31. The van der Waals surface area contributed by atoms with Gasteiger partial charge in [-0.25, -0.2) is 14.4 Å². The first-order valence-electron chi connectivity index (χ1n) is 37.0. The summed E-state index contributed by atoms with van der Waals surface area (Å²) < 4.78 is 82.1. The number of aliphatic carboxylic acids is 1. The Morgan fingerprint density at radius 3 is 1.69 bits per heavy atom. The fraction of sp³-hybridized carbons (Fsp3) is 0.824. The van der Waals surface area contributed by atoms with Crippen LogP contribution in [0.2, 0.25) is 0 Å². The van der Waals surface area contributed by atoms with Gasteiger partial charge in [-0.05, 0) is 119 Å². The zero-order valence-electron chi connectivity index (χ0n) is 61.4. The molecule has 0 radical (unpaired) electrons. The summed E-state index contributed by atoms with van der Waals surface area (Å²) in [7, 11) is 0. The van der Waals surface area contributed by atoms with E-state index in [1.165, 1.54) is 19.9 Å². The molecule has 6 saturated heterocycles. The van der Waals surface area contributed by atoms with Crippen LogP contribution in [0.5, 0.6) is 0 Å². The van der Waals surface area contributed by atoms with Crippen LogP contribution in [0.15, 0.2) is 48.1 Å². The lowest BCUT2D eigenvalue weighted by atomic mass is 9.30. The molecule has 1 aromatic carbocycles. The van der Waals surface area contributed by atoms with Gasteiger partial charge < -0.3 is 143 Å². The van der Waals surface area contributed by atoms with E-state index in [0.717, 1.165) is 0 Å². The van der Waals surface area contributed by atoms with Gasteiger partial charge in [-0.15, -0.1) is 0 Å². The molecule has 6 heterocycles. The highest BCUT2D eigenvalue weighted by atomic mass is 16.8. The van der Waals surface area contributed by atoms with E-state index in [-0.39, 0.29) is 24.7 Å². The van der Waals surface area contributed by atoms with E-state index in [9.17, 15) is 96.1 Å². The maximum absolute atomic E-state index is 14.3. The highest BCUT2D eigenvalue weighted by Crippen LogP contribution is 2.82. The number of fused-ring (bicyclic) bond motifs is 4. The summed E-state index contributed by atoms with van der Waals surface area (Å²) in [5, 5.41) is 182. The van der Waals surface area contributed by atoms with Crippen LogP contribution in [-0.4, -0.2) is 303 Å². The fourth-order valence-corrected chi connectivity index (χ4v) is 21.2. The van der Waals surface area contributed by atoms with Crippen molar-refractivity contribution in [1.29, 1.82) is 0 Å². The highest BCUT2D eigenvalue weighted by Gasteiger charge is 2.86. The van der Waals surface area contributed by atoms with Crippen molar-refractivity contribution in [3.05, 3.63) is 53.6 Å². The second-order valence-corrected chi connectivity index (χ2v) is 33.6. The summed E-state index contributed by atoms with van der Waals surface area (Å²) in [6, 6.07) is 9.10. The summed E-state index contributed by atoms with van der Waals surface area (Å²) in [6.07, 6.45) is -47.3. The Morgan fingerprint density at radius 2 is 1.07 bits per heavy atom. The van der Waals surface area contributed by atoms with Crippen molar-refractivity contribution < 1.29 is 158 Å². The predicted octanol–water partition coefficient (Wildman–Crippen LogP) is -1.34. The van der Waals surface area contributed by atoms with Crippen LogP contribution in [0.3, 0.4) is 0 Å². The van der Waals surface area contributed by atoms with E-state index in [2.05, 4.69) is 20.8 Å². The van der Waals surface area contributed by atoms with Gasteiger partial charge in [0.2, 0.25) is 0 Å². The number of aliphatic hydroxyl groups excluding tert-OH is 15. The average molecular weight is 1510 g/mol. The van der Waals surface area contributed by atoms with Crippen LogP contribution in [0.1, 0.15) is 133 Å². The predicted molar refractivity (Wildman–Crippen MR) is 359 cm³/mol. The van der Waals surface area contributed by atoms with Gasteiger partial charge in [-0.3, -0.25) is 0 Å². The number of aliphatic hydroxyl groups is 15. The van der Waals surface area contributed by atoms with Gasteiger partial charge in [-0.1, -0.05) is 84.9 Å². The van der Waals surface area contributed by atoms with Crippen molar-refractivity contribution in [1.82, 2.24) is 0 Å². The molecule has 32 nitrogen and oxygen atoms in total. The number of rotatable bonds is 18. The summed E-state index contributed by atoms with van der Waals surface area (Å²) in [5.74, 6) is -4.20. The van der Waals surface area contributed by atoms with E-state index >= 15 is 0 Å². The van der Waals surface area contributed by atoms with Crippen molar-refractivity contribution in [3.63, 3.8) is 0 Å². The molecular weight excluding hydrogens is 1400 g/mol. The van der Waals surface area contributed by atoms with Crippen LogP contribution in [0.25, 0.3) is 6.08 Å². The molecule has 5 saturated carbocycles. The highest BCUT2D eigenvalue weighted by molar-refractivity contribution is 5.88. The van der Waals surface area contributed by atoms with Gasteiger partial charge in [0.05, 0.1) is 48.6 Å². The van der Waals surface area contributed by atoms with Crippen molar-refractivity contribution in [3.8, 4) is 0 Å². The number of carbonyl (C=O) groups is 3. The van der Waals surface area contributed by atoms with Gasteiger partial charge in [0.25, 0.3) is 0 Å². The normalized spacial score (nSPS) is 51.3. The maximum Gasteiger partial charge on any atom is 0.335 e. The number of carbonyl (C=O) groups excluding carboxylic acids is 2. The zero-order chi connectivity index (χ0) is 77.4. The molecule has 32 heteroatoms. The van der Waals surface area contributed by atoms with Crippen LogP contribution in [0, 0.1) is 50.2 Å². The number of esters is 2. The van der Waals surface area contributed by atoms with Crippen molar-refractivity contribution in [2.24, 2.45) is 50.2 Å². The lowest BCUT2D eigenvalue weighted by molar-refractivity contribution is -0.412. The second-order valence-electron chi connectivity index (χ2n) is 33.6. The Bertz CT molecular complexity index is 3340. The molecule has 106 heavy (non-hydrogen) atoms. The van der Waals surface area contributed by atoms with Crippen molar-refractivity contribution in [2.45, 2.75) is 317 Å². The minimum absolute atomic E-state index is 0.0915.